The number of hydrogen-bond acceptors (Lipinski definition) is 2. The maximum Gasteiger partial charge on any atom is 0.416 e. The summed E-state index contributed by atoms with van der Waals surface area (Å²) in [6.45, 7) is 1.25. The molecule has 1 aromatic carbocycles. The molecule has 102 valence electrons. The molecule has 0 heterocycles. The monoisotopic (exact) mass is 290 g/mol. The third kappa shape index (κ3) is 4.09. The molecule has 0 aliphatic rings. The molecule has 8 heteroatoms. The Labute approximate surface area is 103 Å². The molecule has 1 rings (SSSR count). The lowest BCUT2D eigenvalue weighted by atomic mass is 10.1. The van der Waals surface area contributed by atoms with E-state index in [4.69, 9.17) is 5.11 Å². The minimum Gasteiger partial charge on any atom is -0.382 e. The Morgan fingerprint density at radius 2 is 1.33 bits per heavy atom. The van der Waals surface area contributed by atoms with Gasteiger partial charge in [0.1, 0.15) is 5.44 Å². The number of alkyl halides is 6. The van der Waals surface area contributed by atoms with Crippen LogP contribution in [0.4, 0.5) is 26.3 Å². The molecule has 0 amide bonds. The van der Waals surface area contributed by atoms with E-state index in [-0.39, 0.29) is 11.0 Å². The van der Waals surface area contributed by atoms with Crippen molar-refractivity contribution in [3.8, 4) is 0 Å². The number of halogens is 6. The van der Waals surface area contributed by atoms with Gasteiger partial charge in [-0.25, -0.2) is 0 Å². The van der Waals surface area contributed by atoms with Crippen molar-refractivity contribution in [3.05, 3.63) is 29.3 Å². The van der Waals surface area contributed by atoms with Crippen molar-refractivity contribution in [2.24, 2.45) is 0 Å². The molecule has 1 aromatic rings. The summed E-state index contributed by atoms with van der Waals surface area (Å²) in [4.78, 5) is -0.285. The average molecular weight is 290 g/mol. The molecular weight excluding hydrogens is 282 g/mol. The summed E-state index contributed by atoms with van der Waals surface area (Å²) in [5.74, 6) is 0. The first-order valence-corrected chi connectivity index (χ1v) is 5.52. The molecule has 0 aliphatic carbocycles. The van der Waals surface area contributed by atoms with Crippen LogP contribution >= 0.6 is 11.8 Å². The third-order valence-corrected chi connectivity index (χ3v) is 2.72. The summed E-state index contributed by atoms with van der Waals surface area (Å²) < 4.78 is 74.6. The van der Waals surface area contributed by atoms with Crippen LogP contribution in [0.1, 0.15) is 18.1 Å². The molecule has 18 heavy (non-hydrogen) atoms. The number of rotatable bonds is 2. The van der Waals surface area contributed by atoms with Gasteiger partial charge in [-0.1, -0.05) is 11.8 Å². The van der Waals surface area contributed by atoms with E-state index in [1.807, 2.05) is 0 Å². The average Bonchev–Trinajstić information content (AvgIpc) is 2.13. The van der Waals surface area contributed by atoms with Crippen molar-refractivity contribution in [1.29, 1.82) is 0 Å². The SMILES string of the molecule is CC(O)Sc1cc(C(F)(F)F)cc(C(F)(F)F)c1. The number of benzene rings is 1. The summed E-state index contributed by atoms with van der Waals surface area (Å²) in [6, 6.07) is 1.20. The molecule has 1 nitrogen and oxygen atoms in total. The largest absolute Gasteiger partial charge is 0.416 e. The zero-order valence-electron chi connectivity index (χ0n) is 8.93. The van der Waals surface area contributed by atoms with Crippen LogP contribution in [0.2, 0.25) is 0 Å². The van der Waals surface area contributed by atoms with Crippen molar-refractivity contribution in [2.45, 2.75) is 29.6 Å². The van der Waals surface area contributed by atoms with Gasteiger partial charge in [-0.2, -0.15) is 26.3 Å². The second kappa shape index (κ2) is 5.00. The zero-order chi connectivity index (χ0) is 14.1. The zero-order valence-corrected chi connectivity index (χ0v) is 9.75. The maximum absolute atomic E-state index is 12.4. The van der Waals surface area contributed by atoms with Gasteiger partial charge in [0.2, 0.25) is 0 Å². The molecule has 0 fully saturated rings. The van der Waals surface area contributed by atoms with Gasteiger partial charge in [-0.3, -0.25) is 0 Å². The van der Waals surface area contributed by atoms with E-state index in [9.17, 15) is 26.3 Å². The quantitative estimate of drug-likeness (QED) is 0.501. The third-order valence-electron chi connectivity index (χ3n) is 1.87. The van der Waals surface area contributed by atoms with Crippen LogP contribution in [-0.4, -0.2) is 10.5 Å². The van der Waals surface area contributed by atoms with Gasteiger partial charge in [0.05, 0.1) is 11.1 Å². The molecule has 1 atom stereocenters. The summed E-state index contributed by atoms with van der Waals surface area (Å²) >= 11 is 0.515. The van der Waals surface area contributed by atoms with Crippen LogP contribution in [-0.2, 0) is 12.4 Å². The first-order valence-electron chi connectivity index (χ1n) is 4.64. The smallest absolute Gasteiger partial charge is 0.382 e. The minimum atomic E-state index is -4.87. The highest BCUT2D eigenvalue weighted by Crippen LogP contribution is 2.38. The Balaban J connectivity index is 3.29. The number of hydrogen-bond donors (Lipinski definition) is 1. The van der Waals surface area contributed by atoms with Gasteiger partial charge in [-0.15, -0.1) is 0 Å². The lowest BCUT2D eigenvalue weighted by molar-refractivity contribution is -0.143. The maximum atomic E-state index is 12.4. The van der Waals surface area contributed by atoms with Crippen LogP contribution in [0.15, 0.2) is 23.1 Å². The van der Waals surface area contributed by atoms with Crippen LogP contribution in [0.3, 0.4) is 0 Å². The van der Waals surface area contributed by atoms with E-state index in [1.54, 1.807) is 0 Å². The molecule has 0 aromatic heterocycles. The van der Waals surface area contributed by atoms with Gasteiger partial charge >= 0.3 is 12.4 Å². The second-order valence-electron chi connectivity index (χ2n) is 3.46. The highest BCUT2D eigenvalue weighted by molar-refractivity contribution is 7.99. The van der Waals surface area contributed by atoms with Crippen molar-refractivity contribution in [1.82, 2.24) is 0 Å². The highest BCUT2D eigenvalue weighted by Gasteiger charge is 2.36. The Morgan fingerprint density at radius 1 is 0.944 bits per heavy atom. The van der Waals surface area contributed by atoms with Crippen LogP contribution in [0.25, 0.3) is 0 Å². The van der Waals surface area contributed by atoms with E-state index in [1.165, 1.54) is 6.92 Å². The first-order chi connectivity index (χ1) is 8.00. The van der Waals surface area contributed by atoms with Gasteiger partial charge in [0.15, 0.2) is 0 Å². The van der Waals surface area contributed by atoms with E-state index in [2.05, 4.69) is 0 Å². The van der Waals surface area contributed by atoms with E-state index in [0.29, 0.717) is 23.9 Å². The first kappa shape index (κ1) is 15.2. The molecule has 0 bridgehead atoms. The fourth-order valence-electron chi connectivity index (χ4n) is 1.19. The van der Waals surface area contributed by atoms with Crippen molar-refractivity contribution >= 4 is 11.8 Å². The van der Waals surface area contributed by atoms with Crippen LogP contribution in [0, 0.1) is 0 Å². The number of thioether (sulfide) groups is 1. The molecule has 0 spiro atoms. The van der Waals surface area contributed by atoms with Gasteiger partial charge in [0, 0.05) is 4.90 Å². The lowest BCUT2D eigenvalue weighted by Crippen LogP contribution is -2.11. The molecule has 0 aliphatic heterocycles. The summed E-state index contributed by atoms with van der Waals surface area (Å²) in [7, 11) is 0. The Bertz CT molecular complexity index is 391. The van der Waals surface area contributed by atoms with Crippen LogP contribution < -0.4 is 0 Å². The molecule has 1 unspecified atom stereocenters. The molecule has 0 saturated heterocycles. The van der Waals surface area contributed by atoms with Gasteiger partial charge in [-0.05, 0) is 25.1 Å². The Hall–Kier alpha value is -0.890. The molecular formula is C10H8F6OS. The second-order valence-corrected chi connectivity index (χ2v) is 4.85. The predicted molar refractivity (Wildman–Crippen MR) is 54.0 cm³/mol. The molecule has 0 saturated carbocycles. The van der Waals surface area contributed by atoms with Crippen molar-refractivity contribution in [2.75, 3.05) is 0 Å². The topological polar surface area (TPSA) is 20.2 Å². The fraction of sp³-hybridized carbons (Fsp3) is 0.400. The predicted octanol–water partition coefficient (Wildman–Crippen LogP) is 4.15. The lowest BCUT2D eigenvalue weighted by Gasteiger charge is -2.14. The standard InChI is InChI=1S/C10H8F6OS/c1-5(17)18-8-3-6(9(11,12)13)2-7(4-8)10(14,15)16/h2-5,17H,1H3. The molecule has 1 N–H and O–H groups in total. The summed E-state index contributed by atoms with van der Waals surface area (Å²) in [5, 5.41) is 8.99. The minimum absolute atomic E-state index is 0.0477. The van der Waals surface area contributed by atoms with Gasteiger partial charge in [0.25, 0.3) is 0 Å². The summed E-state index contributed by atoms with van der Waals surface area (Å²) in [6.07, 6.45) is -9.73. The number of aliphatic hydroxyl groups excluding tert-OH is 1. The van der Waals surface area contributed by atoms with Crippen LogP contribution in [0.5, 0.6) is 0 Å². The van der Waals surface area contributed by atoms with E-state index < -0.39 is 28.9 Å². The van der Waals surface area contributed by atoms with Gasteiger partial charge < -0.3 is 5.11 Å². The normalized spacial score (nSPS) is 14.7. The molecule has 0 radical (unpaired) electrons. The fourth-order valence-corrected chi connectivity index (χ4v) is 1.98. The Morgan fingerprint density at radius 3 is 1.61 bits per heavy atom. The van der Waals surface area contributed by atoms with E-state index >= 15 is 0 Å². The summed E-state index contributed by atoms with van der Waals surface area (Å²) in [5.41, 5.74) is -3.88. The van der Waals surface area contributed by atoms with Crippen molar-refractivity contribution in [3.63, 3.8) is 0 Å². The van der Waals surface area contributed by atoms with E-state index in [0.717, 1.165) is 0 Å². The van der Waals surface area contributed by atoms with Crippen molar-refractivity contribution < 1.29 is 31.4 Å². The Kier molecular flexibility index (Phi) is 4.22. The highest BCUT2D eigenvalue weighted by atomic mass is 32.2. The number of aliphatic hydroxyl groups is 1.